The highest BCUT2D eigenvalue weighted by atomic mass is 19.1. The predicted molar refractivity (Wildman–Crippen MR) is 67.4 cm³/mol. The molecule has 0 saturated heterocycles. The Hall–Kier alpha value is -2.32. The van der Waals surface area contributed by atoms with Crippen LogP contribution in [0.5, 0.6) is 0 Å². The molecule has 19 heavy (non-hydrogen) atoms. The van der Waals surface area contributed by atoms with Crippen molar-refractivity contribution < 1.29 is 13.6 Å². The summed E-state index contributed by atoms with van der Waals surface area (Å²) >= 11 is 0. The van der Waals surface area contributed by atoms with Gasteiger partial charge in [0.2, 0.25) is 6.08 Å². The number of carbonyl (C=O) groups excluding carboxylic acids is 1. The van der Waals surface area contributed by atoms with Gasteiger partial charge in [-0.05, 0) is 29.3 Å². The van der Waals surface area contributed by atoms with Crippen molar-refractivity contribution in [2.75, 3.05) is 0 Å². The van der Waals surface area contributed by atoms with E-state index < -0.39 is 6.04 Å². The maximum absolute atomic E-state index is 13.6. The lowest BCUT2D eigenvalue weighted by Crippen LogP contribution is -2.02. The standard InChI is InChI=1S/C15H11F2NO/c16-13-7-5-11(6-8-13)15(18-10-19)9-12-3-1-2-4-14(12)17/h1-8,15H,9H2. The largest absolute Gasteiger partial charge is 0.235 e. The molecule has 1 atom stereocenters. The van der Waals surface area contributed by atoms with Crippen molar-refractivity contribution >= 4 is 6.08 Å². The molecule has 2 rings (SSSR count). The summed E-state index contributed by atoms with van der Waals surface area (Å²) in [4.78, 5) is 14.1. The first-order chi connectivity index (χ1) is 9.20. The van der Waals surface area contributed by atoms with Gasteiger partial charge in [0.1, 0.15) is 11.6 Å². The second-order valence-corrected chi connectivity index (χ2v) is 4.08. The van der Waals surface area contributed by atoms with Crippen LogP contribution >= 0.6 is 0 Å². The summed E-state index contributed by atoms with van der Waals surface area (Å²) in [7, 11) is 0. The molecule has 2 aromatic carbocycles. The highest BCUT2D eigenvalue weighted by Crippen LogP contribution is 2.23. The van der Waals surface area contributed by atoms with Gasteiger partial charge >= 0.3 is 0 Å². The van der Waals surface area contributed by atoms with Crippen LogP contribution in [-0.4, -0.2) is 6.08 Å². The lowest BCUT2D eigenvalue weighted by molar-refractivity contribution is 0.553. The number of aliphatic imine (C=N–C) groups is 1. The van der Waals surface area contributed by atoms with Crippen molar-refractivity contribution in [1.82, 2.24) is 0 Å². The molecule has 96 valence electrons. The lowest BCUT2D eigenvalue weighted by Gasteiger charge is -2.11. The Morgan fingerprint density at radius 1 is 1.05 bits per heavy atom. The third-order valence-corrected chi connectivity index (χ3v) is 2.83. The summed E-state index contributed by atoms with van der Waals surface area (Å²) in [5, 5.41) is 0. The minimum absolute atomic E-state index is 0.230. The molecule has 0 aliphatic carbocycles. The van der Waals surface area contributed by atoms with Crippen molar-refractivity contribution in [3.8, 4) is 0 Å². The molecular formula is C15H11F2NO. The van der Waals surface area contributed by atoms with E-state index >= 15 is 0 Å². The van der Waals surface area contributed by atoms with E-state index in [4.69, 9.17) is 0 Å². The number of nitrogens with zero attached hydrogens (tertiary/aromatic N) is 1. The molecule has 4 heteroatoms. The van der Waals surface area contributed by atoms with Gasteiger partial charge in [-0.3, -0.25) is 0 Å². The summed E-state index contributed by atoms with van der Waals surface area (Å²) in [6.07, 6.45) is 1.71. The fourth-order valence-corrected chi connectivity index (χ4v) is 1.86. The SMILES string of the molecule is O=C=NC(Cc1ccccc1F)c1ccc(F)cc1. The zero-order chi connectivity index (χ0) is 13.7. The second kappa shape index (κ2) is 6.03. The van der Waals surface area contributed by atoms with E-state index in [2.05, 4.69) is 4.99 Å². The van der Waals surface area contributed by atoms with Gasteiger partial charge < -0.3 is 0 Å². The first-order valence-electron chi connectivity index (χ1n) is 5.76. The number of isocyanates is 1. The normalized spacial score (nSPS) is 11.7. The molecule has 0 radical (unpaired) electrons. The minimum Gasteiger partial charge on any atom is -0.211 e. The summed E-state index contributed by atoms with van der Waals surface area (Å²) in [6, 6.07) is 11.3. The topological polar surface area (TPSA) is 29.4 Å². The van der Waals surface area contributed by atoms with E-state index in [-0.39, 0.29) is 18.1 Å². The smallest absolute Gasteiger partial charge is 0.211 e. The average Bonchev–Trinajstić information content (AvgIpc) is 2.42. The van der Waals surface area contributed by atoms with Gasteiger partial charge in [0.15, 0.2) is 0 Å². The molecule has 0 N–H and O–H groups in total. The fourth-order valence-electron chi connectivity index (χ4n) is 1.86. The fraction of sp³-hybridized carbons (Fsp3) is 0.133. The van der Waals surface area contributed by atoms with Gasteiger partial charge in [-0.2, -0.15) is 4.99 Å². The Kier molecular flexibility index (Phi) is 4.16. The van der Waals surface area contributed by atoms with Crippen LogP contribution in [0, 0.1) is 11.6 Å². The Morgan fingerprint density at radius 3 is 2.37 bits per heavy atom. The second-order valence-electron chi connectivity index (χ2n) is 4.08. The Labute approximate surface area is 109 Å². The van der Waals surface area contributed by atoms with Gasteiger partial charge in [0.25, 0.3) is 0 Å². The van der Waals surface area contributed by atoms with Gasteiger partial charge in [-0.1, -0.05) is 30.3 Å². The van der Waals surface area contributed by atoms with E-state index in [9.17, 15) is 13.6 Å². The average molecular weight is 259 g/mol. The first-order valence-corrected chi connectivity index (χ1v) is 5.76. The van der Waals surface area contributed by atoms with E-state index in [0.29, 0.717) is 11.1 Å². The van der Waals surface area contributed by atoms with Crippen LogP contribution < -0.4 is 0 Å². The monoisotopic (exact) mass is 259 g/mol. The van der Waals surface area contributed by atoms with Crippen molar-refractivity contribution in [3.63, 3.8) is 0 Å². The first kappa shape index (κ1) is 13.1. The lowest BCUT2D eigenvalue weighted by atomic mass is 9.99. The van der Waals surface area contributed by atoms with Gasteiger partial charge in [0, 0.05) is 6.42 Å². The van der Waals surface area contributed by atoms with Crippen LogP contribution in [0.3, 0.4) is 0 Å². The Balaban J connectivity index is 2.29. The molecule has 0 aromatic heterocycles. The van der Waals surface area contributed by atoms with Crippen LogP contribution in [0.2, 0.25) is 0 Å². The summed E-state index contributed by atoms with van der Waals surface area (Å²) in [5.74, 6) is -0.723. The minimum atomic E-state index is -0.560. The summed E-state index contributed by atoms with van der Waals surface area (Å²) in [6.45, 7) is 0. The number of hydrogen-bond acceptors (Lipinski definition) is 2. The molecule has 2 aromatic rings. The highest BCUT2D eigenvalue weighted by molar-refractivity contribution is 5.36. The third-order valence-electron chi connectivity index (χ3n) is 2.83. The molecule has 0 bridgehead atoms. The number of halogens is 2. The molecule has 0 heterocycles. The Morgan fingerprint density at radius 2 is 1.74 bits per heavy atom. The number of benzene rings is 2. The van der Waals surface area contributed by atoms with E-state index in [1.807, 2.05) is 0 Å². The molecule has 0 amide bonds. The van der Waals surface area contributed by atoms with E-state index in [0.717, 1.165) is 0 Å². The zero-order valence-electron chi connectivity index (χ0n) is 10.0. The van der Waals surface area contributed by atoms with Gasteiger partial charge in [0.05, 0.1) is 6.04 Å². The van der Waals surface area contributed by atoms with E-state index in [1.165, 1.54) is 36.4 Å². The zero-order valence-corrected chi connectivity index (χ0v) is 10.0. The van der Waals surface area contributed by atoms with Gasteiger partial charge in [-0.25, -0.2) is 13.6 Å². The van der Waals surface area contributed by atoms with Crippen LogP contribution in [0.15, 0.2) is 53.5 Å². The van der Waals surface area contributed by atoms with Gasteiger partial charge in [-0.15, -0.1) is 0 Å². The molecule has 0 saturated carbocycles. The number of rotatable bonds is 4. The van der Waals surface area contributed by atoms with E-state index in [1.54, 1.807) is 18.2 Å². The van der Waals surface area contributed by atoms with Crippen LogP contribution in [0.25, 0.3) is 0 Å². The van der Waals surface area contributed by atoms with Crippen LogP contribution in [0.4, 0.5) is 8.78 Å². The number of hydrogen-bond donors (Lipinski definition) is 0. The molecular weight excluding hydrogens is 248 g/mol. The third kappa shape index (κ3) is 3.33. The molecule has 0 spiro atoms. The van der Waals surface area contributed by atoms with Crippen molar-refractivity contribution in [1.29, 1.82) is 0 Å². The molecule has 1 unspecified atom stereocenters. The summed E-state index contributed by atoms with van der Waals surface area (Å²) in [5.41, 5.74) is 1.10. The quantitative estimate of drug-likeness (QED) is 0.609. The Bertz CT molecular complexity index is 604. The highest BCUT2D eigenvalue weighted by Gasteiger charge is 2.13. The van der Waals surface area contributed by atoms with Crippen molar-refractivity contribution in [2.45, 2.75) is 12.5 Å². The van der Waals surface area contributed by atoms with Crippen LogP contribution in [-0.2, 0) is 11.2 Å². The maximum Gasteiger partial charge on any atom is 0.235 e. The molecule has 0 fully saturated rings. The van der Waals surface area contributed by atoms with Crippen molar-refractivity contribution in [3.05, 3.63) is 71.3 Å². The maximum atomic E-state index is 13.6. The van der Waals surface area contributed by atoms with Crippen LogP contribution in [0.1, 0.15) is 17.2 Å². The van der Waals surface area contributed by atoms with Crippen molar-refractivity contribution in [2.24, 2.45) is 4.99 Å². The predicted octanol–water partition coefficient (Wildman–Crippen LogP) is 3.58. The molecule has 0 aliphatic rings. The molecule has 0 aliphatic heterocycles. The summed E-state index contributed by atoms with van der Waals surface area (Å²) < 4.78 is 26.4. The molecule has 2 nitrogen and oxygen atoms in total.